The van der Waals surface area contributed by atoms with Gasteiger partial charge in [-0.05, 0) is 43.2 Å². The Bertz CT molecular complexity index is 661. The maximum atomic E-state index is 11.9. The Balaban J connectivity index is 1.53. The Hall–Kier alpha value is -2.01. The fourth-order valence-electron chi connectivity index (χ4n) is 2.42. The molecule has 4 N–H and O–H groups in total. The smallest absolute Gasteiger partial charge is 0.224 e. The van der Waals surface area contributed by atoms with Gasteiger partial charge in [0.15, 0.2) is 0 Å². The van der Waals surface area contributed by atoms with Gasteiger partial charge in [0.05, 0.1) is 11.4 Å². The number of carbonyl (C=O) groups is 1. The summed E-state index contributed by atoms with van der Waals surface area (Å²) in [6.07, 6.45) is 4.70. The Kier molecular flexibility index (Phi) is 7.62. The average Bonchev–Trinajstić information content (AvgIpc) is 2.56. The quantitative estimate of drug-likeness (QED) is 0.415. The maximum Gasteiger partial charge on any atom is 0.224 e. The second-order valence-electron chi connectivity index (χ2n) is 5.74. The van der Waals surface area contributed by atoms with Crippen molar-refractivity contribution >= 4 is 38.9 Å². The summed E-state index contributed by atoms with van der Waals surface area (Å²) in [7, 11) is 0. The molecule has 0 aliphatic carbocycles. The van der Waals surface area contributed by atoms with E-state index in [1.807, 2.05) is 30.3 Å². The summed E-state index contributed by atoms with van der Waals surface area (Å²) >= 11 is 3.46. The molecule has 0 spiro atoms. The maximum absolute atomic E-state index is 11.9. The van der Waals surface area contributed by atoms with Crippen LogP contribution in [-0.2, 0) is 4.79 Å². The van der Waals surface area contributed by atoms with Crippen LogP contribution in [0, 0.1) is 0 Å². The molecule has 0 saturated carbocycles. The number of unbranched alkanes of at least 4 members (excludes halogenated alkanes) is 3. The van der Waals surface area contributed by atoms with Crippen LogP contribution >= 0.6 is 15.9 Å². The monoisotopic (exact) mass is 389 g/mol. The molecule has 0 aromatic heterocycles. The van der Waals surface area contributed by atoms with Gasteiger partial charge in [-0.25, -0.2) is 0 Å². The standard InChI is InChI=1S/C19H24BrN3O/c20-15-8-7-9-16(14-15)22-13-6-2-1-3-12-19(24)23-18-11-5-4-10-17(18)21/h4-5,7-11,14,22H,1-3,6,12-13,21H2,(H,23,24). The number of anilines is 3. The van der Waals surface area contributed by atoms with E-state index in [0.29, 0.717) is 17.8 Å². The predicted octanol–water partition coefficient (Wildman–Crippen LogP) is 5.03. The fraction of sp³-hybridized carbons (Fsp3) is 0.316. The molecule has 0 heterocycles. The van der Waals surface area contributed by atoms with Gasteiger partial charge in [-0.15, -0.1) is 0 Å². The number of nitrogen functional groups attached to an aromatic ring is 1. The van der Waals surface area contributed by atoms with Gasteiger partial charge in [0.1, 0.15) is 0 Å². The number of hydrogen-bond acceptors (Lipinski definition) is 3. The van der Waals surface area contributed by atoms with Crippen molar-refractivity contribution in [3.8, 4) is 0 Å². The van der Waals surface area contributed by atoms with Crippen molar-refractivity contribution in [2.75, 3.05) is 22.9 Å². The zero-order valence-corrected chi connectivity index (χ0v) is 15.3. The third-order valence-electron chi connectivity index (χ3n) is 3.72. The number of rotatable bonds is 9. The van der Waals surface area contributed by atoms with Crippen LogP contribution in [0.25, 0.3) is 0 Å². The minimum Gasteiger partial charge on any atom is -0.397 e. The second kappa shape index (κ2) is 9.98. The van der Waals surface area contributed by atoms with Crippen molar-refractivity contribution in [2.24, 2.45) is 0 Å². The summed E-state index contributed by atoms with van der Waals surface area (Å²) in [6, 6.07) is 15.5. The number of nitrogens with two attached hydrogens (primary N) is 1. The molecule has 0 aliphatic rings. The van der Waals surface area contributed by atoms with Crippen molar-refractivity contribution in [3.63, 3.8) is 0 Å². The molecule has 2 aromatic carbocycles. The highest BCUT2D eigenvalue weighted by molar-refractivity contribution is 9.10. The summed E-state index contributed by atoms with van der Waals surface area (Å²) < 4.78 is 1.08. The summed E-state index contributed by atoms with van der Waals surface area (Å²) in [5.41, 5.74) is 8.24. The number of hydrogen-bond donors (Lipinski definition) is 3. The predicted molar refractivity (Wildman–Crippen MR) is 105 cm³/mol. The minimum absolute atomic E-state index is 0.0279. The zero-order chi connectivity index (χ0) is 17.2. The van der Waals surface area contributed by atoms with Crippen LogP contribution in [-0.4, -0.2) is 12.5 Å². The molecule has 0 fully saturated rings. The highest BCUT2D eigenvalue weighted by Gasteiger charge is 2.04. The van der Waals surface area contributed by atoms with Crippen LogP contribution in [0.5, 0.6) is 0 Å². The lowest BCUT2D eigenvalue weighted by atomic mass is 10.1. The van der Waals surface area contributed by atoms with E-state index in [9.17, 15) is 4.79 Å². The zero-order valence-electron chi connectivity index (χ0n) is 13.7. The van der Waals surface area contributed by atoms with E-state index in [4.69, 9.17) is 5.73 Å². The number of benzene rings is 2. The molecule has 0 unspecified atom stereocenters. The molecule has 2 rings (SSSR count). The summed E-state index contributed by atoms with van der Waals surface area (Å²) in [4.78, 5) is 11.9. The van der Waals surface area contributed by atoms with E-state index in [2.05, 4.69) is 38.7 Å². The number of carbonyl (C=O) groups excluding carboxylic acids is 1. The van der Waals surface area contributed by atoms with Crippen LogP contribution in [0.1, 0.15) is 32.1 Å². The number of nitrogens with one attached hydrogen (secondary N) is 2. The van der Waals surface area contributed by atoms with E-state index < -0.39 is 0 Å². The summed E-state index contributed by atoms with van der Waals surface area (Å²) in [5.74, 6) is 0.0279. The molecule has 0 atom stereocenters. The van der Waals surface area contributed by atoms with E-state index in [0.717, 1.165) is 42.4 Å². The average molecular weight is 390 g/mol. The van der Waals surface area contributed by atoms with Gasteiger partial charge in [-0.2, -0.15) is 0 Å². The van der Waals surface area contributed by atoms with Crippen molar-refractivity contribution in [1.82, 2.24) is 0 Å². The SMILES string of the molecule is Nc1ccccc1NC(=O)CCCCCCNc1cccc(Br)c1. The first-order chi connectivity index (χ1) is 11.6. The molecule has 0 bridgehead atoms. The van der Waals surface area contributed by atoms with Gasteiger partial charge >= 0.3 is 0 Å². The van der Waals surface area contributed by atoms with E-state index in [-0.39, 0.29) is 5.91 Å². The molecule has 0 saturated heterocycles. The van der Waals surface area contributed by atoms with Gasteiger partial charge in [0.25, 0.3) is 0 Å². The number of halogens is 1. The summed E-state index contributed by atoms with van der Waals surface area (Å²) in [6.45, 7) is 0.948. The van der Waals surface area contributed by atoms with Gasteiger partial charge in [0.2, 0.25) is 5.91 Å². The fourth-order valence-corrected chi connectivity index (χ4v) is 2.82. The van der Waals surface area contributed by atoms with E-state index in [1.54, 1.807) is 6.07 Å². The third-order valence-corrected chi connectivity index (χ3v) is 4.21. The van der Waals surface area contributed by atoms with Crippen LogP contribution < -0.4 is 16.4 Å². The Morgan fingerprint density at radius 3 is 2.58 bits per heavy atom. The van der Waals surface area contributed by atoms with Crippen molar-refractivity contribution < 1.29 is 4.79 Å². The first kappa shape index (κ1) is 18.3. The largest absolute Gasteiger partial charge is 0.397 e. The molecular weight excluding hydrogens is 366 g/mol. The highest BCUT2D eigenvalue weighted by atomic mass is 79.9. The van der Waals surface area contributed by atoms with E-state index >= 15 is 0 Å². The molecule has 5 heteroatoms. The molecule has 0 radical (unpaired) electrons. The first-order valence-electron chi connectivity index (χ1n) is 8.29. The second-order valence-corrected chi connectivity index (χ2v) is 6.65. The lowest BCUT2D eigenvalue weighted by Gasteiger charge is -2.08. The Morgan fingerprint density at radius 2 is 1.79 bits per heavy atom. The lowest BCUT2D eigenvalue weighted by molar-refractivity contribution is -0.116. The summed E-state index contributed by atoms with van der Waals surface area (Å²) in [5, 5.41) is 6.26. The van der Waals surface area contributed by atoms with Gasteiger partial charge < -0.3 is 16.4 Å². The molecule has 128 valence electrons. The van der Waals surface area contributed by atoms with Crippen LogP contribution in [0.4, 0.5) is 17.1 Å². The van der Waals surface area contributed by atoms with Crippen molar-refractivity contribution in [2.45, 2.75) is 32.1 Å². The topological polar surface area (TPSA) is 67.1 Å². The molecule has 1 amide bonds. The molecule has 24 heavy (non-hydrogen) atoms. The first-order valence-corrected chi connectivity index (χ1v) is 9.08. The van der Waals surface area contributed by atoms with Crippen molar-refractivity contribution in [1.29, 1.82) is 0 Å². The molecule has 0 aliphatic heterocycles. The van der Waals surface area contributed by atoms with Crippen LogP contribution in [0.15, 0.2) is 53.0 Å². The molecule has 2 aromatic rings. The van der Waals surface area contributed by atoms with Crippen LogP contribution in [0.2, 0.25) is 0 Å². The van der Waals surface area contributed by atoms with Gasteiger partial charge in [0, 0.05) is 23.1 Å². The highest BCUT2D eigenvalue weighted by Crippen LogP contribution is 2.18. The number of para-hydroxylation sites is 2. The Morgan fingerprint density at radius 1 is 1.00 bits per heavy atom. The number of amides is 1. The normalized spacial score (nSPS) is 10.4. The molecular formula is C19H24BrN3O. The third kappa shape index (κ3) is 6.62. The minimum atomic E-state index is 0.0279. The van der Waals surface area contributed by atoms with Gasteiger partial charge in [-0.3, -0.25) is 4.79 Å². The Labute approximate surface area is 152 Å². The lowest BCUT2D eigenvalue weighted by Crippen LogP contribution is -2.12. The van der Waals surface area contributed by atoms with Crippen molar-refractivity contribution in [3.05, 3.63) is 53.0 Å². The van der Waals surface area contributed by atoms with E-state index in [1.165, 1.54) is 0 Å². The molecule has 4 nitrogen and oxygen atoms in total. The van der Waals surface area contributed by atoms with Gasteiger partial charge in [-0.1, -0.05) is 47.0 Å². The van der Waals surface area contributed by atoms with Crippen LogP contribution in [0.3, 0.4) is 0 Å².